The Bertz CT molecular complexity index is 329. The fraction of sp³-hybridized carbons (Fsp3) is 0.857. The van der Waals surface area contributed by atoms with Gasteiger partial charge in [-0.3, -0.25) is 4.79 Å². The van der Waals surface area contributed by atoms with Crippen LogP contribution in [0.3, 0.4) is 0 Å². The molecule has 0 aliphatic heterocycles. The highest BCUT2D eigenvalue weighted by Crippen LogP contribution is 2.33. The molecule has 102 valence electrons. The van der Waals surface area contributed by atoms with Crippen molar-refractivity contribution in [3.8, 4) is 0 Å². The molecule has 3 nitrogen and oxygen atoms in total. The van der Waals surface area contributed by atoms with Gasteiger partial charge in [0.25, 0.3) is 0 Å². The van der Waals surface area contributed by atoms with E-state index < -0.39 is 0 Å². The van der Waals surface area contributed by atoms with Crippen molar-refractivity contribution in [3.63, 3.8) is 0 Å². The molecular weight excluding hydrogens is 244 g/mol. The molecule has 0 unspecified atom stereocenters. The number of rotatable bonds is 3. The van der Waals surface area contributed by atoms with E-state index in [2.05, 4.69) is 12.2 Å². The van der Waals surface area contributed by atoms with Crippen molar-refractivity contribution in [2.24, 2.45) is 17.6 Å². The zero-order chi connectivity index (χ0) is 13.2. The largest absolute Gasteiger partial charge is 0.391 e. The minimum atomic E-state index is -0.379. The van der Waals surface area contributed by atoms with Gasteiger partial charge in [-0.2, -0.15) is 0 Å². The Morgan fingerprint density at radius 2 is 1.78 bits per heavy atom. The molecule has 0 aromatic rings. The second-order valence-corrected chi connectivity index (χ2v) is 6.54. The molecule has 2 rings (SSSR count). The summed E-state index contributed by atoms with van der Waals surface area (Å²) in [6, 6.07) is 0. The Morgan fingerprint density at radius 1 is 1.22 bits per heavy atom. The fourth-order valence-electron chi connectivity index (χ4n) is 3.27. The summed E-state index contributed by atoms with van der Waals surface area (Å²) in [6.07, 6.45) is 8.41. The Morgan fingerprint density at radius 3 is 2.28 bits per heavy atom. The van der Waals surface area contributed by atoms with Crippen LogP contribution in [-0.4, -0.2) is 16.4 Å². The van der Waals surface area contributed by atoms with Crippen LogP contribution in [0.15, 0.2) is 0 Å². The van der Waals surface area contributed by atoms with E-state index in [9.17, 15) is 4.79 Å². The highest BCUT2D eigenvalue weighted by Gasteiger charge is 2.39. The smallest absolute Gasteiger partial charge is 0.223 e. The van der Waals surface area contributed by atoms with Gasteiger partial charge in [-0.15, -0.1) is 0 Å². The summed E-state index contributed by atoms with van der Waals surface area (Å²) in [5.74, 6) is 1.12. The molecule has 1 amide bonds. The van der Waals surface area contributed by atoms with Gasteiger partial charge in [0.15, 0.2) is 0 Å². The zero-order valence-electron chi connectivity index (χ0n) is 11.2. The monoisotopic (exact) mass is 268 g/mol. The third-order valence-electron chi connectivity index (χ3n) is 4.68. The summed E-state index contributed by atoms with van der Waals surface area (Å²) < 4.78 is 0. The molecule has 2 saturated carbocycles. The van der Waals surface area contributed by atoms with Gasteiger partial charge in [0.1, 0.15) is 0 Å². The van der Waals surface area contributed by atoms with Gasteiger partial charge < -0.3 is 11.1 Å². The van der Waals surface area contributed by atoms with Crippen molar-refractivity contribution < 1.29 is 4.79 Å². The van der Waals surface area contributed by atoms with Gasteiger partial charge in [0, 0.05) is 5.92 Å². The average molecular weight is 268 g/mol. The van der Waals surface area contributed by atoms with Crippen molar-refractivity contribution >= 4 is 23.1 Å². The van der Waals surface area contributed by atoms with Crippen LogP contribution in [0.1, 0.15) is 58.3 Å². The first-order valence-electron chi connectivity index (χ1n) is 7.15. The quantitative estimate of drug-likeness (QED) is 0.773. The lowest BCUT2D eigenvalue weighted by Gasteiger charge is -2.33. The molecule has 18 heavy (non-hydrogen) atoms. The SMILES string of the molecule is CC1CCC(C(=O)NC2(C(N)=S)CCCC2)CC1. The van der Waals surface area contributed by atoms with Crippen LogP contribution in [0.25, 0.3) is 0 Å². The molecule has 0 heterocycles. The molecule has 0 aromatic heterocycles. The molecular formula is C14H24N2OS. The van der Waals surface area contributed by atoms with Crippen LogP contribution in [-0.2, 0) is 4.79 Å². The minimum Gasteiger partial charge on any atom is -0.391 e. The molecule has 0 bridgehead atoms. The van der Waals surface area contributed by atoms with Crippen molar-refractivity contribution in [2.45, 2.75) is 63.8 Å². The fourth-order valence-corrected chi connectivity index (χ4v) is 3.53. The molecule has 0 radical (unpaired) electrons. The topological polar surface area (TPSA) is 55.1 Å². The molecule has 4 heteroatoms. The molecule has 0 aromatic carbocycles. The normalized spacial score (nSPS) is 30.9. The Kier molecular flexibility index (Phi) is 4.25. The van der Waals surface area contributed by atoms with Crippen molar-refractivity contribution in [1.82, 2.24) is 5.32 Å². The predicted octanol–water partition coefficient (Wildman–Crippen LogP) is 2.53. The minimum absolute atomic E-state index is 0.174. The highest BCUT2D eigenvalue weighted by atomic mass is 32.1. The van der Waals surface area contributed by atoms with Crippen molar-refractivity contribution in [2.75, 3.05) is 0 Å². The number of nitrogens with one attached hydrogen (secondary N) is 1. The molecule has 2 aliphatic carbocycles. The van der Waals surface area contributed by atoms with Gasteiger partial charge in [-0.1, -0.05) is 32.0 Å². The third-order valence-corrected chi connectivity index (χ3v) is 5.07. The third kappa shape index (κ3) is 2.85. The van der Waals surface area contributed by atoms with E-state index >= 15 is 0 Å². The van der Waals surface area contributed by atoms with Crippen LogP contribution >= 0.6 is 12.2 Å². The van der Waals surface area contributed by atoms with E-state index in [0.717, 1.165) is 57.3 Å². The van der Waals surface area contributed by atoms with Crippen LogP contribution in [0.2, 0.25) is 0 Å². The molecule has 0 atom stereocenters. The van der Waals surface area contributed by atoms with E-state index in [0.29, 0.717) is 4.99 Å². The van der Waals surface area contributed by atoms with Crippen LogP contribution in [0.5, 0.6) is 0 Å². The van der Waals surface area contributed by atoms with Crippen LogP contribution in [0.4, 0.5) is 0 Å². The van der Waals surface area contributed by atoms with E-state index in [-0.39, 0.29) is 17.4 Å². The van der Waals surface area contributed by atoms with Crippen LogP contribution in [0, 0.1) is 11.8 Å². The van der Waals surface area contributed by atoms with Crippen molar-refractivity contribution in [1.29, 1.82) is 0 Å². The second kappa shape index (κ2) is 5.55. The van der Waals surface area contributed by atoms with Gasteiger partial charge >= 0.3 is 0 Å². The summed E-state index contributed by atoms with van der Waals surface area (Å²) >= 11 is 5.17. The van der Waals surface area contributed by atoms with Crippen LogP contribution < -0.4 is 11.1 Å². The first kappa shape index (κ1) is 13.8. The molecule has 2 fully saturated rings. The number of thiocarbonyl (C=S) groups is 1. The lowest BCUT2D eigenvalue weighted by molar-refractivity contribution is -0.127. The first-order chi connectivity index (χ1) is 8.53. The highest BCUT2D eigenvalue weighted by molar-refractivity contribution is 7.80. The van der Waals surface area contributed by atoms with Crippen molar-refractivity contribution in [3.05, 3.63) is 0 Å². The number of nitrogens with two attached hydrogens (primary N) is 1. The first-order valence-corrected chi connectivity index (χ1v) is 7.56. The molecule has 0 spiro atoms. The molecule has 2 aliphatic rings. The Labute approximate surface area is 115 Å². The standard InChI is InChI=1S/C14H24N2OS/c1-10-4-6-11(7-5-10)12(17)16-14(13(15)18)8-2-3-9-14/h10-11H,2-9H2,1H3,(H2,15,18)(H,16,17). The molecule has 0 saturated heterocycles. The summed E-state index contributed by atoms with van der Waals surface area (Å²) in [4.78, 5) is 12.8. The van der Waals surface area contributed by atoms with Gasteiger partial charge in [0.05, 0.1) is 10.5 Å². The lowest BCUT2D eigenvalue weighted by Crippen LogP contribution is -2.56. The summed E-state index contributed by atoms with van der Waals surface area (Å²) in [5, 5.41) is 3.17. The summed E-state index contributed by atoms with van der Waals surface area (Å²) in [7, 11) is 0. The van der Waals surface area contributed by atoms with Gasteiger partial charge in [-0.05, 0) is 44.4 Å². The number of carbonyl (C=O) groups excluding carboxylic acids is 1. The predicted molar refractivity (Wildman–Crippen MR) is 77.2 cm³/mol. The molecule has 3 N–H and O–H groups in total. The maximum Gasteiger partial charge on any atom is 0.223 e. The lowest BCUT2D eigenvalue weighted by atomic mass is 9.82. The van der Waals surface area contributed by atoms with E-state index in [4.69, 9.17) is 18.0 Å². The maximum atomic E-state index is 12.3. The number of carbonyl (C=O) groups is 1. The van der Waals surface area contributed by atoms with E-state index in [1.807, 2.05) is 0 Å². The van der Waals surface area contributed by atoms with Gasteiger partial charge in [-0.25, -0.2) is 0 Å². The Hall–Kier alpha value is -0.640. The second-order valence-electron chi connectivity index (χ2n) is 6.10. The maximum absolute atomic E-state index is 12.3. The van der Waals surface area contributed by atoms with E-state index in [1.165, 1.54) is 0 Å². The zero-order valence-corrected chi connectivity index (χ0v) is 12.0. The number of hydrogen-bond donors (Lipinski definition) is 2. The summed E-state index contributed by atoms with van der Waals surface area (Å²) in [6.45, 7) is 2.27. The average Bonchev–Trinajstić information content (AvgIpc) is 2.79. The summed E-state index contributed by atoms with van der Waals surface area (Å²) in [5.41, 5.74) is 5.47. The Balaban J connectivity index is 1.95. The number of hydrogen-bond acceptors (Lipinski definition) is 2. The van der Waals surface area contributed by atoms with E-state index in [1.54, 1.807) is 0 Å². The number of amides is 1. The van der Waals surface area contributed by atoms with Gasteiger partial charge in [0.2, 0.25) is 5.91 Å².